The Morgan fingerprint density at radius 1 is 1.12 bits per heavy atom. The highest BCUT2D eigenvalue weighted by Gasteiger charge is 2.17. The summed E-state index contributed by atoms with van der Waals surface area (Å²) < 4.78 is 5.07. The van der Waals surface area contributed by atoms with Crippen LogP contribution >= 0.6 is 11.3 Å². The van der Waals surface area contributed by atoms with E-state index < -0.39 is 0 Å². The Morgan fingerprint density at radius 2 is 1.88 bits per heavy atom. The summed E-state index contributed by atoms with van der Waals surface area (Å²) in [4.78, 5) is 25.1. The Kier molecular flexibility index (Phi) is 5.53. The van der Waals surface area contributed by atoms with Gasteiger partial charge in [0, 0.05) is 6.54 Å². The number of rotatable bonds is 6. The first-order valence-electron chi connectivity index (χ1n) is 8.33. The number of anilines is 1. The SMILES string of the molecule is Cc1cc(NC(=O)c2ccco2)sc1C(=O)NCC(C)c1ccccc1. The molecule has 134 valence electrons. The number of nitrogens with one attached hydrogen (secondary N) is 2. The topological polar surface area (TPSA) is 71.3 Å². The molecule has 6 heteroatoms. The molecule has 3 rings (SSSR count). The molecule has 3 aromatic rings. The molecule has 0 fully saturated rings. The summed E-state index contributed by atoms with van der Waals surface area (Å²) in [6.45, 7) is 4.48. The van der Waals surface area contributed by atoms with E-state index in [0.717, 1.165) is 5.56 Å². The van der Waals surface area contributed by atoms with Gasteiger partial charge in [0.25, 0.3) is 11.8 Å². The Balaban J connectivity index is 1.61. The summed E-state index contributed by atoms with van der Waals surface area (Å²) in [7, 11) is 0. The lowest BCUT2D eigenvalue weighted by molar-refractivity contribution is 0.0953. The molecule has 0 aliphatic carbocycles. The van der Waals surface area contributed by atoms with Crippen LogP contribution < -0.4 is 10.6 Å². The van der Waals surface area contributed by atoms with E-state index in [1.165, 1.54) is 23.2 Å². The summed E-state index contributed by atoms with van der Waals surface area (Å²) in [5.41, 5.74) is 2.01. The van der Waals surface area contributed by atoms with E-state index in [2.05, 4.69) is 29.7 Å². The standard InChI is InChI=1S/C20H20N2O3S/c1-13-11-17(22-19(23)16-9-6-10-25-16)26-18(13)20(24)21-12-14(2)15-7-4-3-5-8-15/h3-11,14H,12H2,1-2H3,(H,21,24)(H,22,23). The largest absolute Gasteiger partial charge is 0.459 e. The van der Waals surface area contributed by atoms with Crippen molar-refractivity contribution in [1.29, 1.82) is 0 Å². The van der Waals surface area contributed by atoms with Gasteiger partial charge in [0.2, 0.25) is 0 Å². The van der Waals surface area contributed by atoms with Gasteiger partial charge in [-0.3, -0.25) is 9.59 Å². The van der Waals surface area contributed by atoms with Crippen LogP contribution in [0.4, 0.5) is 5.00 Å². The maximum Gasteiger partial charge on any atom is 0.291 e. The van der Waals surface area contributed by atoms with Crippen LogP contribution in [0.1, 0.15) is 44.2 Å². The Hall–Kier alpha value is -2.86. The van der Waals surface area contributed by atoms with Crippen molar-refractivity contribution in [3.8, 4) is 0 Å². The minimum absolute atomic E-state index is 0.131. The second kappa shape index (κ2) is 8.01. The number of hydrogen-bond acceptors (Lipinski definition) is 4. The summed E-state index contributed by atoms with van der Waals surface area (Å²) >= 11 is 1.26. The predicted molar refractivity (Wildman–Crippen MR) is 103 cm³/mol. The zero-order valence-corrected chi connectivity index (χ0v) is 15.4. The first kappa shape index (κ1) is 17.9. The highest BCUT2D eigenvalue weighted by Crippen LogP contribution is 2.27. The molecular weight excluding hydrogens is 348 g/mol. The number of thiophene rings is 1. The predicted octanol–water partition coefficient (Wildman–Crippen LogP) is 4.44. The fourth-order valence-electron chi connectivity index (χ4n) is 2.58. The summed E-state index contributed by atoms with van der Waals surface area (Å²) in [5, 5.41) is 6.35. The minimum atomic E-state index is -0.332. The van der Waals surface area contributed by atoms with Crippen LogP contribution in [0, 0.1) is 6.92 Å². The summed E-state index contributed by atoms with van der Waals surface area (Å²) in [5.74, 6) is -0.00743. The van der Waals surface area contributed by atoms with Crippen molar-refractivity contribution >= 4 is 28.2 Å². The van der Waals surface area contributed by atoms with Gasteiger partial charge in [-0.2, -0.15) is 0 Å². The highest BCUT2D eigenvalue weighted by molar-refractivity contribution is 7.18. The molecule has 0 aliphatic heterocycles. The normalized spacial score (nSPS) is 11.8. The van der Waals surface area contributed by atoms with Gasteiger partial charge in [-0.05, 0) is 42.2 Å². The Bertz CT molecular complexity index is 885. The fourth-order valence-corrected chi connectivity index (χ4v) is 3.56. The van der Waals surface area contributed by atoms with Gasteiger partial charge >= 0.3 is 0 Å². The summed E-state index contributed by atoms with van der Waals surface area (Å²) in [6.07, 6.45) is 1.45. The van der Waals surface area contributed by atoms with Gasteiger partial charge in [-0.25, -0.2) is 0 Å². The molecule has 0 aliphatic rings. The third kappa shape index (κ3) is 4.21. The number of carbonyl (C=O) groups is 2. The highest BCUT2D eigenvalue weighted by atomic mass is 32.1. The van der Waals surface area contributed by atoms with E-state index in [9.17, 15) is 9.59 Å². The number of amides is 2. The van der Waals surface area contributed by atoms with Crippen molar-refractivity contribution in [3.63, 3.8) is 0 Å². The molecule has 2 amide bonds. The average molecular weight is 368 g/mol. The average Bonchev–Trinajstić information content (AvgIpc) is 3.30. The zero-order valence-electron chi connectivity index (χ0n) is 14.6. The molecule has 0 saturated heterocycles. The van der Waals surface area contributed by atoms with Crippen molar-refractivity contribution in [2.75, 3.05) is 11.9 Å². The number of furan rings is 1. The first-order valence-corrected chi connectivity index (χ1v) is 9.14. The molecule has 2 heterocycles. The van der Waals surface area contributed by atoms with Crippen molar-refractivity contribution in [1.82, 2.24) is 5.32 Å². The van der Waals surface area contributed by atoms with E-state index in [1.807, 2.05) is 25.1 Å². The van der Waals surface area contributed by atoms with Gasteiger partial charge in [-0.1, -0.05) is 37.3 Å². The number of benzene rings is 1. The Morgan fingerprint density at radius 3 is 2.58 bits per heavy atom. The monoisotopic (exact) mass is 368 g/mol. The molecule has 26 heavy (non-hydrogen) atoms. The van der Waals surface area contributed by atoms with Crippen molar-refractivity contribution in [2.45, 2.75) is 19.8 Å². The molecule has 0 bridgehead atoms. The molecule has 5 nitrogen and oxygen atoms in total. The minimum Gasteiger partial charge on any atom is -0.459 e. The van der Waals surface area contributed by atoms with Crippen LogP contribution in [0.25, 0.3) is 0 Å². The Labute approximate surface area is 156 Å². The zero-order chi connectivity index (χ0) is 18.5. The first-order chi connectivity index (χ1) is 12.5. The second-order valence-electron chi connectivity index (χ2n) is 6.08. The lowest BCUT2D eigenvalue weighted by atomic mass is 10.0. The molecule has 0 spiro atoms. The maximum atomic E-state index is 12.5. The van der Waals surface area contributed by atoms with Gasteiger partial charge in [0.05, 0.1) is 16.1 Å². The maximum absolute atomic E-state index is 12.5. The molecule has 1 unspecified atom stereocenters. The molecule has 0 radical (unpaired) electrons. The van der Waals surface area contributed by atoms with Gasteiger partial charge in [-0.15, -0.1) is 11.3 Å². The van der Waals surface area contributed by atoms with E-state index in [0.29, 0.717) is 16.4 Å². The third-order valence-corrected chi connectivity index (χ3v) is 5.19. The van der Waals surface area contributed by atoms with Crippen molar-refractivity contribution in [3.05, 3.63) is 76.6 Å². The lowest BCUT2D eigenvalue weighted by Crippen LogP contribution is -2.27. The van der Waals surface area contributed by atoms with Crippen LogP contribution in [0.3, 0.4) is 0 Å². The molecular formula is C20H20N2O3S. The number of aryl methyl sites for hydroxylation is 1. The molecule has 0 saturated carbocycles. The van der Waals surface area contributed by atoms with Crippen molar-refractivity contribution < 1.29 is 14.0 Å². The molecule has 2 aromatic heterocycles. The third-order valence-electron chi connectivity index (χ3n) is 4.04. The van der Waals surface area contributed by atoms with E-state index in [1.54, 1.807) is 18.2 Å². The van der Waals surface area contributed by atoms with Crippen LogP contribution in [-0.2, 0) is 0 Å². The molecule has 1 atom stereocenters. The van der Waals surface area contributed by atoms with Crippen LogP contribution in [0.5, 0.6) is 0 Å². The quantitative estimate of drug-likeness (QED) is 0.676. The van der Waals surface area contributed by atoms with Crippen LogP contribution in [0.2, 0.25) is 0 Å². The molecule has 2 N–H and O–H groups in total. The smallest absolute Gasteiger partial charge is 0.291 e. The van der Waals surface area contributed by atoms with Crippen LogP contribution in [-0.4, -0.2) is 18.4 Å². The number of hydrogen-bond donors (Lipinski definition) is 2. The second-order valence-corrected chi connectivity index (χ2v) is 7.13. The van der Waals surface area contributed by atoms with E-state index >= 15 is 0 Å². The van der Waals surface area contributed by atoms with Crippen molar-refractivity contribution in [2.24, 2.45) is 0 Å². The van der Waals surface area contributed by atoms with E-state index in [-0.39, 0.29) is 23.5 Å². The fraction of sp³-hybridized carbons (Fsp3) is 0.200. The van der Waals surface area contributed by atoms with Gasteiger partial charge in [0.15, 0.2) is 5.76 Å². The van der Waals surface area contributed by atoms with Gasteiger partial charge in [0.1, 0.15) is 0 Å². The summed E-state index contributed by atoms with van der Waals surface area (Å²) in [6, 6.07) is 15.1. The van der Waals surface area contributed by atoms with E-state index in [4.69, 9.17) is 4.42 Å². The van der Waals surface area contributed by atoms with Crippen LogP contribution in [0.15, 0.2) is 59.2 Å². The van der Waals surface area contributed by atoms with Gasteiger partial charge < -0.3 is 15.1 Å². The molecule has 1 aromatic carbocycles. The lowest BCUT2D eigenvalue weighted by Gasteiger charge is -2.12. The number of carbonyl (C=O) groups excluding carboxylic acids is 2.